The predicted molar refractivity (Wildman–Crippen MR) is 76.5 cm³/mol. The summed E-state index contributed by atoms with van der Waals surface area (Å²) >= 11 is 0. The fraction of sp³-hybridized carbons (Fsp3) is 0.583. The molecule has 0 unspecified atom stereocenters. The molecule has 0 spiro atoms. The van der Waals surface area contributed by atoms with Crippen LogP contribution in [0.1, 0.15) is 12.8 Å². The summed E-state index contributed by atoms with van der Waals surface area (Å²) in [6.07, 6.45) is 3.19. The number of fused-ring (bicyclic) bond motifs is 1. The first-order valence-corrected chi connectivity index (χ1v) is 8.56. The van der Waals surface area contributed by atoms with Crippen LogP contribution in [0.3, 0.4) is 0 Å². The van der Waals surface area contributed by atoms with Crippen LogP contribution in [0.5, 0.6) is 0 Å². The van der Waals surface area contributed by atoms with Crippen molar-refractivity contribution in [2.45, 2.75) is 18.1 Å². The molecule has 4 rings (SSSR count). The van der Waals surface area contributed by atoms with Gasteiger partial charge in [-0.05, 0) is 25.0 Å². The second-order valence-electron chi connectivity index (χ2n) is 5.46. The predicted octanol–water partition coefficient (Wildman–Crippen LogP) is -0.262. The van der Waals surface area contributed by atoms with E-state index in [4.69, 9.17) is 0 Å². The van der Waals surface area contributed by atoms with Gasteiger partial charge in [-0.2, -0.15) is 8.82 Å². The molecule has 0 atom stereocenters. The van der Waals surface area contributed by atoms with Crippen LogP contribution >= 0.6 is 0 Å². The minimum Gasteiger partial charge on any atom is -0.353 e. The Morgan fingerprint density at radius 2 is 1.86 bits per heavy atom. The minimum absolute atomic E-state index is 0.129. The first kappa shape index (κ1) is 13.0. The van der Waals surface area contributed by atoms with Gasteiger partial charge in [0.05, 0.1) is 5.25 Å². The molecule has 21 heavy (non-hydrogen) atoms. The molecule has 2 aromatic heterocycles. The van der Waals surface area contributed by atoms with Crippen LogP contribution in [-0.4, -0.2) is 64.0 Å². The van der Waals surface area contributed by atoms with Crippen LogP contribution in [0.4, 0.5) is 5.82 Å². The molecular weight excluding hydrogens is 292 g/mol. The highest BCUT2D eigenvalue weighted by Crippen LogP contribution is 2.31. The Balaban J connectivity index is 1.49. The maximum absolute atomic E-state index is 12.2. The molecule has 0 bridgehead atoms. The van der Waals surface area contributed by atoms with E-state index in [-0.39, 0.29) is 5.25 Å². The van der Waals surface area contributed by atoms with Crippen molar-refractivity contribution in [2.75, 3.05) is 31.1 Å². The summed E-state index contributed by atoms with van der Waals surface area (Å²) in [5, 5.41) is 12.0. The third kappa shape index (κ3) is 2.26. The zero-order valence-electron chi connectivity index (χ0n) is 11.5. The third-order valence-corrected chi connectivity index (χ3v) is 6.41. The smallest absolute Gasteiger partial charge is 0.217 e. The van der Waals surface area contributed by atoms with Crippen molar-refractivity contribution < 1.29 is 8.42 Å². The molecule has 1 aliphatic carbocycles. The molecule has 9 heteroatoms. The van der Waals surface area contributed by atoms with E-state index in [0.29, 0.717) is 31.8 Å². The molecule has 3 heterocycles. The zero-order chi connectivity index (χ0) is 14.4. The van der Waals surface area contributed by atoms with Gasteiger partial charge in [-0.1, -0.05) is 0 Å². The van der Waals surface area contributed by atoms with E-state index in [9.17, 15) is 8.42 Å². The van der Waals surface area contributed by atoms with Crippen molar-refractivity contribution in [1.82, 2.24) is 24.1 Å². The van der Waals surface area contributed by atoms with Gasteiger partial charge in [0.1, 0.15) is 12.1 Å². The van der Waals surface area contributed by atoms with Gasteiger partial charge in [0.2, 0.25) is 10.0 Å². The van der Waals surface area contributed by atoms with E-state index in [1.165, 1.54) is 0 Å². The van der Waals surface area contributed by atoms with Crippen LogP contribution in [-0.2, 0) is 10.0 Å². The number of nitrogens with zero attached hydrogens (tertiary/aromatic N) is 6. The molecule has 0 N–H and O–H groups in total. The highest BCUT2D eigenvalue weighted by atomic mass is 32.2. The lowest BCUT2D eigenvalue weighted by molar-refractivity contribution is 0.382. The summed E-state index contributed by atoms with van der Waals surface area (Å²) in [5.74, 6) is 0.825. The van der Waals surface area contributed by atoms with Gasteiger partial charge in [-0.25, -0.2) is 8.42 Å². The molecule has 1 saturated carbocycles. The van der Waals surface area contributed by atoms with Gasteiger partial charge < -0.3 is 4.90 Å². The Hall–Kier alpha value is -1.74. The number of rotatable bonds is 3. The van der Waals surface area contributed by atoms with Crippen molar-refractivity contribution >= 4 is 21.5 Å². The molecule has 0 aromatic carbocycles. The van der Waals surface area contributed by atoms with Crippen molar-refractivity contribution in [3.8, 4) is 0 Å². The number of anilines is 1. The SMILES string of the molecule is O=S(=O)(C1CC1)N1CCN(c2ccc3nncn3n2)CC1. The van der Waals surface area contributed by atoms with Gasteiger partial charge >= 0.3 is 0 Å². The molecule has 1 saturated heterocycles. The molecule has 112 valence electrons. The summed E-state index contributed by atoms with van der Waals surface area (Å²) in [5.41, 5.74) is 0.702. The van der Waals surface area contributed by atoms with E-state index < -0.39 is 10.0 Å². The Morgan fingerprint density at radius 3 is 2.57 bits per heavy atom. The number of sulfonamides is 1. The third-order valence-electron chi connectivity index (χ3n) is 4.02. The Bertz CT molecular complexity index is 761. The van der Waals surface area contributed by atoms with Gasteiger partial charge in [0.25, 0.3) is 0 Å². The molecule has 2 aromatic rings. The molecular formula is C12H16N6O2S. The standard InChI is InChI=1S/C12H16N6O2S/c19-21(20,10-1-2-10)17-7-5-16(6-8-17)12-4-3-11-14-13-9-18(11)15-12/h3-4,9-10H,1-2,5-8H2. The molecule has 2 fully saturated rings. The van der Waals surface area contributed by atoms with Crippen LogP contribution in [0.15, 0.2) is 18.5 Å². The summed E-state index contributed by atoms with van der Waals surface area (Å²) < 4.78 is 27.7. The number of piperazine rings is 1. The zero-order valence-corrected chi connectivity index (χ0v) is 12.3. The van der Waals surface area contributed by atoms with Crippen molar-refractivity contribution in [1.29, 1.82) is 0 Å². The second kappa shape index (κ2) is 4.63. The highest BCUT2D eigenvalue weighted by Gasteiger charge is 2.41. The van der Waals surface area contributed by atoms with E-state index in [1.54, 1.807) is 15.1 Å². The minimum atomic E-state index is -3.06. The fourth-order valence-electron chi connectivity index (χ4n) is 2.64. The van der Waals surface area contributed by atoms with Crippen molar-refractivity contribution in [3.63, 3.8) is 0 Å². The quantitative estimate of drug-likeness (QED) is 0.777. The molecule has 2 aliphatic rings. The summed E-state index contributed by atoms with van der Waals surface area (Å²) in [6, 6.07) is 3.76. The lowest BCUT2D eigenvalue weighted by Crippen LogP contribution is -2.49. The maximum Gasteiger partial charge on any atom is 0.217 e. The van der Waals surface area contributed by atoms with Crippen LogP contribution in [0.2, 0.25) is 0 Å². The van der Waals surface area contributed by atoms with E-state index >= 15 is 0 Å². The van der Waals surface area contributed by atoms with Crippen LogP contribution < -0.4 is 4.90 Å². The first-order valence-electron chi connectivity index (χ1n) is 7.05. The summed E-state index contributed by atoms with van der Waals surface area (Å²) in [7, 11) is -3.06. The first-order chi connectivity index (χ1) is 10.1. The van der Waals surface area contributed by atoms with Gasteiger partial charge in [0, 0.05) is 26.2 Å². The van der Waals surface area contributed by atoms with E-state index in [0.717, 1.165) is 18.7 Å². The van der Waals surface area contributed by atoms with Gasteiger partial charge in [-0.3, -0.25) is 0 Å². The Morgan fingerprint density at radius 1 is 1.10 bits per heavy atom. The normalized spacial score (nSPS) is 21.0. The molecule has 0 amide bonds. The lowest BCUT2D eigenvalue weighted by Gasteiger charge is -2.34. The molecule has 0 radical (unpaired) electrons. The lowest BCUT2D eigenvalue weighted by atomic mass is 10.3. The Labute approximate surface area is 122 Å². The summed E-state index contributed by atoms with van der Waals surface area (Å²) in [6.45, 7) is 2.38. The Kier molecular flexibility index (Phi) is 2.86. The molecule has 1 aliphatic heterocycles. The van der Waals surface area contributed by atoms with Crippen LogP contribution in [0.25, 0.3) is 5.65 Å². The average molecular weight is 308 g/mol. The average Bonchev–Trinajstić information content (AvgIpc) is 3.26. The van der Waals surface area contributed by atoms with Gasteiger partial charge in [0.15, 0.2) is 5.65 Å². The van der Waals surface area contributed by atoms with Gasteiger partial charge in [-0.15, -0.1) is 15.3 Å². The van der Waals surface area contributed by atoms with Crippen molar-refractivity contribution in [3.05, 3.63) is 18.5 Å². The monoisotopic (exact) mass is 308 g/mol. The van der Waals surface area contributed by atoms with E-state index in [1.807, 2.05) is 12.1 Å². The van der Waals surface area contributed by atoms with Crippen molar-refractivity contribution in [2.24, 2.45) is 0 Å². The summed E-state index contributed by atoms with van der Waals surface area (Å²) in [4.78, 5) is 2.10. The maximum atomic E-state index is 12.2. The molecule has 8 nitrogen and oxygen atoms in total. The topological polar surface area (TPSA) is 83.7 Å². The second-order valence-corrected chi connectivity index (χ2v) is 7.67. The highest BCUT2D eigenvalue weighted by molar-refractivity contribution is 7.90. The van der Waals surface area contributed by atoms with E-state index in [2.05, 4.69) is 20.2 Å². The number of aromatic nitrogens is 4. The largest absolute Gasteiger partial charge is 0.353 e. The number of hydrogen-bond donors (Lipinski definition) is 0. The fourth-order valence-corrected chi connectivity index (χ4v) is 4.46. The van der Waals surface area contributed by atoms with Crippen LogP contribution in [0, 0.1) is 0 Å². The number of hydrogen-bond acceptors (Lipinski definition) is 6.